The number of aryl methyl sites for hydroxylation is 1. The zero-order valence-corrected chi connectivity index (χ0v) is 26.8. The van der Waals surface area contributed by atoms with E-state index in [2.05, 4.69) is 26.6 Å². The van der Waals surface area contributed by atoms with Crippen molar-refractivity contribution >= 4 is 57.1 Å². The van der Waals surface area contributed by atoms with Crippen LogP contribution in [0.2, 0.25) is 0 Å². The molecule has 0 bridgehead atoms. The summed E-state index contributed by atoms with van der Waals surface area (Å²) in [6, 6.07) is 24.0. The molecule has 0 aliphatic carbocycles. The highest BCUT2D eigenvalue weighted by Gasteiger charge is 2.37. The maximum atomic E-state index is 13.5. The number of imide groups is 2. The van der Waals surface area contributed by atoms with E-state index in [1.54, 1.807) is 36.4 Å². The Labute approximate surface area is 274 Å². The minimum absolute atomic E-state index is 0.253. The van der Waals surface area contributed by atoms with Gasteiger partial charge >= 0.3 is 6.03 Å². The Morgan fingerprint density at radius 1 is 0.935 bits per heavy atom. The molecule has 0 radical (unpaired) electrons. The highest BCUT2D eigenvalue weighted by atomic mass is 79.9. The number of carbonyl (C=O) groups excluding carboxylic acids is 4. The summed E-state index contributed by atoms with van der Waals surface area (Å²) in [5.74, 6) is -0.946. The number of nitrogens with one attached hydrogen (secondary N) is 2. The topological polar surface area (TPSA) is 123 Å². The van der Waals surface area contributed by atoms with E-state index in [-0.39, 0.29) is 35.3 Å². The van der Waals surface area contributed by atoms with Crippen LogP contribution in [0.15, 0.2) is 95.0 Å². The lowest BCUT2D eigenvalue weighted by Crippen LogP contribution is -2.54. The fourth-order valence-electron chi connectivity index (χ4n) is 4.66. The van der Waals surface area contributed by atoms with Crippen LogP contribution < -0.4 is 29.7 Å². The van der Waals surface area contributed by atoms with Crippen molar-refractivity contribution in [2.45, 2.75) is 20.5 Å². The zero-order valence-electron chi connectivity index (χ0n) is 25.3. The van der Waals surface area contributed by atoms with Crippen molar-refractivity contribution in [2.24, 2.45) is 0 Å². The van der Waals surface area contributed by atoms with Crippen molar-refractivity contribution in [2.75, 3.05) is 23.9 Å². The zero-order chi connectivity index (χ0) is 32.8. The molecule has 0 aromatic heterocycles. The largest absolute Gasteiger partial charge is 0.493 e. The van der Waals surface area contributed by atoms with Gasteiger partial charge in [-0.3, -0.25) is 19.7 Å². The van der Waals surface area contributed by atoms with Gasteiger partial charge in [0.15, 0.2) is 18.1 Å². The number of methoxy groups -OCH3 is 1. The Balaban J connectivity index is 1.30. The first kappa shape index (κ1) is 32.0. The van der Waals surface area contributed by atoms with Gasteiger partial charge in [0.1, 0.15) is 17.9 Å². The van der Waals surface area contributed by atoms with E-state index in [1.807, 2.05) is 62.4 Å². The molecule has 1 aliphatic heterocycles. The maximum Gasteiger partial charge on any atom is 0.335 e. The molecule has 0 atom stereocenters. The van der Waals surface area contributed by atoms with Crippen molar-refractivity contribution in [3.8, 4) is 17.2 Å². The number of ether oxygens (including phenoxy) is 3. The second-order valence-electron chi connectivity index (χ2n) is 10.3. The predicted molar refractivity (Wildman–Crippen MR) is 177 cm³/mol. The predicted octanol–water partition coefficient (Wildman–Crippen LogP) is 6.34. The summed E-state index contributed by atoms with van der Waals surface area (Å²) in [5, 5.41) is 5.06. The summed E-state index contributed by atoms with van der Waals surface area (Å²) < 4.78 is 17.5. The molecule has 10 nitrogen and oxygen atoms in total. The third-order valence-corrected chi connectivity index (χ3v) is 7.82. The average Bonchev–Trinajstić information content (AvgIpc) is 3.04. The quantitative estimate of drug-likeness (QED) is 0.148. The molecule has 46 heavy (non-hydrogen) atoms. The van der Waals surface area contributed by atoms with Gasteiger partial charge in [-0.05, 0) is 101 Å². The fourth-order valence-corrected chi connectivity index (χ4v) is 5.24. The molecule has 2 N–H and O–H groups in total. The standard InChI is InChI=1S/C35H30BrN3O7/c1-21-8-7-11-29(22(21)2)37-31(40)20-46-32-28(36)17-24(18-30(32)44-3)16-27-33(41)38-35(43)39(34(27)42)25-12-14-26(15-13-25)45-19-23-9-5-4-6-10-23/h4-18H,19-20H2,1-3H3,(H,37,40)(H,38,41,43)/b27-16-. The summed E-state index contributed by atoms with van der Waals surface area (Å²) in [6.07, 6.45) is 1.35. The normalized spacial score (nSPS) is 13.8. The molecule has 1 fully saturated rings. The Kier molecular flexibility index (Phi) is 9.82. The lowest BCUT2D eigenvalue weighted by Gasteiger charge is -2.26. The van der Waals surface area contributed by atoms with Crippen LogP contribution in [0.5, 0.6) is 17.2 Å². The van der Waals surface area contributed by atoms with Gasteiger partial charge in [0, 0.05) is 5.69 Å². The van der Waals surface area contributed by atoms with E-state index in [9.17, 15) is 19.2 Å². The number of barbiturate groups is 1. The second-order valence-corrected chi connectivity index (χ2v) is 11.2. The number of halogens is 1. The molecule has 5 rings (SSSR count). The number of anilines is 2. The average molecular weight is 685 g/mol. The number of nitrogens with zero attached hydrogens (tertiary/aromatic N) is 1. The van der Waals surface area contributed by atoms with Gasteiger partial charge in [-0.15, -0.1) is 0 Å². The molecule has 234 valence electrons. The molecule has 11 heteroatoms. The molecule has 5 amide bonds. The number of benzene rings is 4. The van der Waals surface area contributed by atoms with E-state index >= 15 is 0 Å². The minimum Gasteiger partial charge on any atom is -0.493 e. The van der Waals surface area contributed by atoms with Crippen LogP contribution in [0.25, 0.3) is 6.08 Å². The van der Waals surface area contributed by atoms with Crippen molar-refractivity contribution < 1.29 is 33.4 Å². The van der Waals surface area contributed by atoms with Gasteiger partial charge in [0.2, 0.25) is 0 Å². The highest BCUT2D eigenvalue weighted by molar-refractivity contribution is 9.10. The molecule has 1 heterocycles. The van der Waals surface area contributed by atoms with E-state index in [4.69, 9.17) is 14.2 Å². The molecule has 0 unspecified atom stereocenters. The number of rotatable bonds is 10. The second kappa shape index (κ2) is 14.1. The molecule has 1 aliphatic rings. The van der Waals surface area contributed by atoms with Crippen LogP contribution in [0.3, 0.4) is 0 Å². The molecule has 4 aromatic rings. The van der Waals surface area contributed by atoms with Crippen molar-refractivity contribution in [3.63, 3.8) is 0 Å². The van der Waals surface area contributed by atoms with Crippen molar-refractivity contribution in [1.29, 1.82) is 0 Å². The Bertz CT molecular complexity index is 1840. The first-order valence-corrected chi connectivity index (χ1v) is 15.0. The summed E-state index contributed by atoms with van der Waals surface area (Å²) in [5.41, 5.74) is 4.09. The van der Waals surface area contributed by atoms with Crippen molar-refractivity contribution in [1.82, 2.24) is 5.32 Å². The third-order valence-electron chi connectivity index (χ3n) is 7.23. The molecular weight excluding hydrogens is 654 g/mol. The summed E-state index contributed by atoms with van der Waals surface area (Å²) in [4.78, 5) is 52.5. The summed E-state index contributed by atoms with van der Waals surface area (Å²) in [7, 11) is 1.42. The number of hydrogen-bond donors (Lipinski definition) is 2. The Morgan fingerprint density at radius 3 is 2.39 bits per heavy atom. The smallest absolute Gasteiger partial charge is 0.335 e. The molecule has 0 saturated carbocycles. The number of amides is 5. The van der Waals surface area contributed by atoms with Crippen molar-refractivity contribution in [3.05, 3.63) is 117 Å². The van der Waals surface area contributed by atoms with Gasteiger partial charge in [-0.2, -0.15) is 0 Å². The Morgan fingerprint density at radius 2 is 1.67 bits per heavy atom. The fraction of sp³-hybridized carbons (Fsp3) is 0.143. The monoisotopic (exact) mass is 683 g/mol. The van der Waals surface area contributed by atoms with Crippen LogP contribution in [0.4, 0.5) is 16.2 Å². The lowest BCUT2D eigenvalue weighted by molar-refractivity contribution is -0.122. The molecule has 4 aromatic carbocycles. The molecule has 1 saturated heterocycles. The van der Waals surface area contributed by atoms with Crippen LogP contribution in [0.1, 0.15) is 22.3 Å². The van der Waals surface area contributed by atoms with Gasteiger partial charge in [-0.25, -0.2) is 9.69 Å². The molecule has 0 spiro atoms. The molecular formula is C35H30BrN3O7. The SMILES string of the molecule is COc1cc(/C=C2/C(=O)NC(=O)N(c3ccc(OCc4ccccc4)cc3)C2=O)cc(Br)c1OCC(=O)Nc1cccc(C)c1C. The first-order chi connectivity index (χ1) is 22.1. The minimum atomic E-state index is -0.869. The number of urea groups is 1. The maximum absolute atomic E-state index is 13.5. The van der Waals surface area contributed by atoms with Gasteiger partial charge in [-0.1, -0.05) is 42.5 Å². The van der Waals surface area contributed by atoms with Crippen LogP contribution in [-0.4, -0.2) is 37.5 Å². The van der Waals surface area contributed by atoms with Crippen LogP contribution >= 0.6 is 15.9 Å². The third kappa shape index (κ3) is 7.27. The van der Waals surface area contributed by atoms with E-state index in [0.29, 0.717) is 28.1 Å². The number of hydrogen-bond acceptors (Lipinski definition) is 7. The summed E-state index contributed by atoms with van der Waals surface area (Å²) in [6.45, 7) is 3.94. The van der Waals surface area contributed by atoms with E-state index < -0.39 is 17.8 Å². The van der Waals surface area contributed by atoms with Crippen LogP contribution in [0, 0.1) is 13.8 Å². The first-order valence-electron chi connectivity index (χ1n) is 14.2. The lowest BCUT2D eigenvalue weighted by atomic mass is 10.1. The number of carbonyl (C=O) groups is 4. The van der Waals surface area contributed by atoms with Crippen LogP contribution in [-0.2, 0) is 21.0 Å². The van der Waals surface area contributed by atoms with Gasteiger partial charge in [0.05, 0.1) is 17.3 Å². The Hall–Kier alpha value is -5.42. The van der Waals surface area contributed by atoms with Gasteiger partial charge in [0.25, 0.3) is 17.7 Å². The van der Waals surface area contributed by atoms with E-state index in [1.165, 1.54) is 13.2 Å². The summed E-state index contributed by atoms with van der Waals surface area (Å²) >= 11 is 3.44. The van der Waals surface area contributed by atoms with Gasteiger partial charge < -0.3 is 19.5 Å². The van der Waals surface area contributed by atoms with E-state index in [0.717, 1.165) is 21.6 Å². The highest BCUT2D eigenvalue weighted by Crippen LogP contribution is 2.37.